The summed E-state index contributed by atoms with van der Waals surface area (Å²) in [5, 5.41) is 3.54. The average Bonchev–Trinajstić information content (AvgIpc) is 2.87. The maximum Gasteiger partial charge on any atom is 0.126 e. The summed E-state index contributed by atoms with van der Waals surface area (Å²) in [6.45, 7) is 7.52. The maximum atomic E-state index is 4.75. The summed E-state index contributed by atoms with van der Waals surface area (Å²) in [7, 11) is 4.24. The third kappa shape index (κ3) is 2.69. The second-order valence-electron chi connectivity index (χ2n) is 5.24. The minimum absolute atomic E-state index is 0.463. The topological polar surface area (TPSA) is 33.1 Å². The number of likely N-dealkylation sites (N-methyl/N-ethyl adjacent to an activating group) is 1. The van der Waals surface area contributed by atoms with E-state index in [0.717, 1.165) is 19.6 Å². The SMILES string of the molecule is Cc1nc(C2CCCN2)n(CCN(C)C)c1C. The van der Waals surface area contributed by atoms with Gasteiger partial charge in [-0.25, -0.2) is 4.98 Å². The molecule has 1 fully saturated rings. The third-order valence-corrected chi connectivity index (χ3v) is 3.63. The molecular formula is C13H24N4. The summed E-state index contributed by atoms with van der Waals surface area (Å²) in [4.78, 5) is 6.97. The highest BCUT2D eigenvalue weighted by Crippen LogP contribution is 2.24. The van der Waals surface area contributed by atoms with Gasteiger partial charge < -0.3 is 14.8 Å². The van der Waals surface area contributed by atoms with E-state index in [1.54, 1.807) is 0 Å². The molecule has 0 radical (unpaired) electrons. The van der Waals surface area contributed by atoms with E-state index in [4.69, 9.17) is 4.98 Å². The lowest BCUT2D eigenvalue weighted by molar-refractivity contribution is 0.374. The van der Waals surface area contributed by atoms with Gasteiger partial charge in [-0.15, -0.1) is 0 Å². The van der Waals surface area contributed by atoms with Gasteiger partial charge in [-0.3, -0.25) is 0 Å². The summed E-state index contributed by atoms with van der Waals surface area (Å²) in [5.41, 5.74) is 2.49. The molecule has 0 bridgehead atoms. The minimum atomic E-state index is 0.463. The number of nitrogens with zero attached hydrogens (tertiary/aromatic N) is 3. The summed E-state index contributed by atoms with van der Waals surface area (Å²) in [5.74, 6) is 1.24. The molecule has 1 aliphatic rings. The van der Waals surface area contributed by atoms with Crippen LogP contribution in [0.1, 0.15) is 36.1 Å². The summed E-state index contributed by atoms with van der Waals surface area (Å²) in [6.07, 6.45) is 2.49. The fourth-order valence-electron chi connectivity index (χ4n) is 2.43. The summed E-state index contributed by atoms with van der Waals surface area (Å²) < 4.78 is 2.39. The van der Waals surface area contributed by atoms with Gasteiger partial charge in [-0.1, -0.05) is 0 Å². The van der Waals surface area contributed by atoms with Crippen molar-refractivity contribution in [1.29, 1.82) is 0 Å². The molecule has 1 unspecified atom stereocenters. The molecule has 0 aliphatic carbocycles. The molecule has 0 aromatic carbocycles. The van der Waals surface area contributed by atoms with E-state index in [2.05, 4.69) is 42.7 Å². The largest absolute Gasteiger partial charge is 0.329 e. The Labute approximate surface area is 104 Å². The average molecular weight is 236 g/mol. The summed E-state index contributed by atoms with van der Waals surface area (Å²) in [6, 6.07) is 0.463. The molecule has 0 spiro atoms. The Balaban J connectivity index is 2.21. The van der Waals surface area contributed by atoms with Crippen LogP contribution in [-0.2, 0) is 6.54 Å². The molecule has 1 N–H and O–H groups in total. The van der Waals surface area contributed by atoms with Crippen molar-refractivity contribution in [3.05, 3.63) is 17.2 Å². The van der Waals surface area contributed by atoms with Crippen molar-refractivity contribution in [2.75, 3.05) is 27.2 Å². The molecule has 4 heteroatoms. The zero-order valence-corrected chi connectivity index (χ0v) is 11.5. The Bertz CT molecular complexity index is 375. The van der Waals surface area contributed by atoms with Crippen molar-refractivity contribution in [2.24, 2.45) is 0 Å². The minimum Gasteiger partial charge on any atom is -0.329 e. The van der Waals surface area contributed by atoms with Crippen LogP contribution in [0.4, 0.5) is 0 Å². The molecule has 96 valence electrons. The molecule has 2 heterocycles. The lowest BCUT2D eigenvalue weighted by atomic mass is 10.2. The Kier molecular flexibility index (Phi) is 3.84. The van der Waals surface area contributed by atoms with Crippen LogP contribution in [0.25, 0.3) is 0 Å². The van der Waals surface area contributed by atoms with E-state index in [1.165, 1.54) is 30.1 Å². The van der Waals surface area contributed by atoms with Gasteiger partial charge in [-0.2, -0.15) is 0 Å². The smallest absolute Gasteiger partial charge is 0.126 e. The normalized spacial score (nSPS) is 20.4. The quantitative estimate of drug-likeness (QED) is 0.860. The van der Waals surface area contributed by atoms with Crippen molar-refractivity contribution >= 4 is 0 Å². The van der Waals surface area contributed by atoms with Gasteiger partial charge in [0.1, 0.15) is 5.82 Å². The van der Waals surface area contributed by atoms with Crippen molar-refractivity contribution in [3.63, 3.8) is 0 Å². The fraction of sp³-hybridized carbons (Fsp3) is 0.769. The van der Waals surface area contributed by atoms with E-state index in [9.17, 15) is 0 Å². The highest BCUT2D eigenvalue weighted by atomic mass is 15.2. The molecule has 1 aliphatic heterocycles. The number of hydrogen-bond acceptors (Lipinski definition) is 3. The standard InChI is InChI=1S/C13H24N4/c1-10-11(2)17(9-8-16(3)4)13(15-10)12-6-5-7-14-12/h12,14H,5-9H2,1-4H3. The number of imidazole rings is 1. The number of aromatic nitrogens is 2. The monoisotopic (exact) mass is 236 g/mol. The Morgan fingerprint density at radius 3 is 2.76 bits per heavy atom. The van der Waals surface area contributed by atoms with Gasteiger partial charge in [0, 0.05) is 18.8 Å². The van der Waals surface area contributed by atoms with Crippen molar-refractivity contribution in [3.8, 4) is 0 Å². The van der Waals surface area contributed by atoms with Gasteiger partial charge in [0.2, 0.25) is 0 Å². The van der Waals surface area contributed by atoms with Crippen LogP contribution in [0.15, 0.2) is 0 Å². The van der Waals surface area contributed by atoms with Crippen LogP contribution in [0, 0.1) is 13.8 Å². The number of nitrogens with one attached hydrogen (secondary N) is 1. The molecule has 1 saturated heterocycles. The lowest BCUT2D eigenvalue weighted by Gasteiger charge is -2.17. The van der Waals surface area contributed by atoms with E-state index < -0.39 is 0 Å². The van der Waals surface area contributed by atoms with Crippen LogP contribution in [0.2, 0.25) is 0 Å². The van der Waals surface area contributed by atoms with Crippen LogP contribution in [0.3, 0.4) is 0 Å². The highest BCUT2D eigenvalue weighted by Gasteiger charge is 2.23. The van der Waals surface area contributed by atoms with Gasteiger partial charge in [0.15, 0.2) is 0 Å². The van der Waals surface area contributed by atoms with Crippen LogP contribution >= 0.6 is 0 Å². The van der Waals surface area contributed by atoms with Gasteiger partial charge in [-0.05, 0) is 47.3 Å². The maximum absolute atomic E-state index is 4.75. The molecule has 0 amide bonds. The zero-order valence-electron chi connectivity index (χ0n) is 11.5. The second kappa shape index (κ2) is 5.19. The Morgan fingerprint density at radius 1 is 1.41 bits per heavy atom. The van der Waals surface area contributed by atoms with Crippen LogP contribution in [0.5, 0.6) is 0 Å². The number of rotatable bonds is 4. The van der Waals surface area contributed by atoms with Crippen molar-refractivity contribution in [1.82, 2.24) is 19.8 Å². The van der Waals surface area contributed by atoms with Crippen LogP contribution in [-0.4, -0.2) is 41.6 Å². The molecule has 17 heavy (non-hydrogen) atoms. The van der Waals surface area contributed by atoms with Gasteiger partial charge in [0.25, 0.3) is 0 Å². The molecule has 2 rings (SSSR count). The van der Waals surface area contributed by atoms with Crippen LogP contribution < -0.4 is 5.32 Å². The first-order valence-electron chi connectivity index (χ1n) is 6.51. The third-order valence-electron chi connectivity index (χ3n) is 3.63. The zero-order chi connectivity index (χ0) is 12.4. The van der Waals surface area contributed by atoms with E-state index >= 15 is 0 Å². The van der Waals surface area contributed by atoms with Crippen molar-refractivity contribution in [2.45, 2.75) is 39.3 Å². The van der Waals surface area contributed by atoms with Crippen molar-refractivity contribution < 1.29 is 0 Å². The molecule has 4 nitrogen and oxygen atoms in total. The summed E-state index contributed by atoms with van der Waals surface area (Å²) >= 11 is 0. The predicted octanol–water partition coefficient (Wildman–Crippen LogP) is 1.49. The van der Waals surface area contributed by atoms with E-state index in [1.807, 2.05) is 0 Å². The number of hydrogen-bond donors (Lipinski definition) is 1. The first kappa shape index (κ1) is 12.6. The molecule has 1 aromatic rings. The molecule has 0 saturated carbocycles. The van der Waals surface area contributed by atoms with Gasteiger partial charge >= 0.3 is 0 Å². The number of aryl methyl sites for hydroxylation is 1. The van der Waals surface area contributed by atoms with E-state index in [-0.39, 0.29) is 0 Å². The fourth-order valence-corrected chi connectivity index (χ4v) is 2.43. The molecule has 1 atom stereocenters. The second-order valence-corrected chi connectivity index (χ2v) is 5.24. The molecule has 1 aromatic heterocycles. The molecular weight excluding hydrogens is 212 g/mol. The highest BCUT2D eigenvalue weighted by molar-refractivity contribution is 5.17. The predicted molar refractivity (Wildman–Crippen MR) is 70.2 cm³/mol. The Hall–Kier alpha value is -0.870. The first-order valence-corrected chi connectivity index (χ1v) is 6.51. The van der Waals surface area contributed by atoms with Gasteiger partial charge in [0.05, 0.1) is 11.7 Å². The first-order chi connectivity index (χ1) is 8.09. The Morgan fingerprint density at radius 2 is 2.18 bits per heavy atom. The lowest BCUT2D eigenvalue weighted by Crippen LogP contribution is -2.23. The van der Waals surface area contributed by atoms with E-state index in [0.29, 0.717) is 6.04 Å².